The van der Waals surface area contributed by atoms with E-state index in [1.54, 1.807) is 0 Å². The van der Waals surface area contributed by atoms with Crippen LogP contribution in [0.15, 0.2) is 0 Å². The van der Waals surface area contributed by atoms with Crippen LogP contribution in [0.1, 0.15) is 19.8 Å². The summed E-state index contributed by atoms with van der Waals surface area (Å²) in [5, 5.41) is 0. The van der Waals surface area contributed by atoms with E-state index in [4.69, 9.17) is 4.74 Å². The summed E-state index contributed by atoms with van der Waals surface area (Å²) in [7, 11) is 0. The van der Waals surface area contributed by atoms with Crippen molar-refractivity contribution >= 4 is 0 Å². The second-order valence-electron chi connectivity index (χ2n) is 5.03. The van der Waals surface area contributed by atoms with Crippen LogP contribution in [0.2, 0.25) is 0 Å². The lowest BCUT2D eigenvalue weighted by atomic mass is 10.2. The van der Waals surface area contributed by atoms with Crippen molar-refractivity contribution in [2.75, 3.05) is 32.8 Å². The maximum absolute atomic E-state index is 5.29. The molecule has 0 radical (unpaired) electrons. The normalized spacial score (nSPS) is 40.1. The van der Waals surface area contributed by atoms with Crippen LogP contribution in [0.3, 0.4) is 0 Å². The monoisotopic (exact) mass is 196 g/mol. The van der Waals surface area contributed by atoms with Crippen molar-refractivity contribution in [3.8, 4) is 0 Å². The van der Waals surface area contributed by atoms with E-state index < -0.39 is 0 Å². The summed E-state index contributed by atoms with van der Waals surface area (Å²) in [5.41, 5.74) is 0. The average Bonchev–Trinajstić information content (AvgIpc) is 3.02. The summed E-state index contributed by atoms with van der Waals surface area (Å²) >= 11 is 0. The Morgan fingerprint density at radius 3 is 2.64 bits per heavy atom. The van der Waals surface area contributed by atoms with E-state index in [2.05, 4.69) is 16.7 Å². The van der Waals surface area contributed by atoms with Gasteiger partial charge in [0.1, 0.15) is 0 Å². The number of nitrogens with zero attached hydrogens (tertiary/aromatic N) is 2. The Morgan fingerprint density at radius 2 is 2.07 bits per heavy atom. The fourth-order valence-electron chi connectivity index (χ4n) is 2.50. The lowest BCUT2D eigenvalue weighted by molar-refractivity contribution is 0.0730. The zero-order valence-corrected chi connectivity index (χ0v) is 8.98. The van der Waals surface area contributed by atoms with Gasteiger partial charge in [-0.15, -0.1) is 0 Å². The molecule has 3 heteroatoms. The first-order chi connectivity index (χ1) is 6.83. The fraction of sp³-hybridized carbons (Fsp3) is 1.00. The smallest absolute Gasteiger partial charge is 0.0936 e. The molecule has 1 saturated carbocycles. The Hall–Kier alpha value is -0.120. The predicted molar refractivity (Wildman–Crippen MR) is 55.4 cm³/mol. The molecular weight excluding hydrogens is 176 g/mol. The second-order valence-corrected chi connectivity index (χ2v) is 5.03. The summed E-state index contributed by atoms with van der Waals surface area (Å²) < 4.78 is 5.29. The molecule has 0 amide bonds. The molecule has 0 aromatic carbocycles. The van der Waals surface area contributed by atoms with Crippen LogP contribution in [0.4, 0.5) is 0 Å². The number of rotatable bonds is 3. The topological polar surface area (TPSA) is 19.0 Å². The summed E-state index contributed by atoms with van der Waals surface area (Å²) in [6, 6.07) is 1.67. The van der Waals surface area contributed by atoms with E-state index in [9.17, 15) is 0 Å². The first-order valence-electron chi connectivity index (χ1n) is 5.92. The Kier molecular flexibility index (Phi) is 2.26. The summed E-state index contributed by atoms with van der Waals surface area (Å²) in [6.45, 7) is 8.32. The van der Waals surface area contributed by atoms with Gasteiger partial charge in [-0.05, 0) is 19.8 Å². The van der Waals surface area contributed by atoms with Crippen molar-refractivity contribution in [3.05, 3.63) is 0 Å². The zero-order valence-electron chi connectivity index (χ0n) is 8.98. The summed E-state index contributed by atoms with van der Waals surface area (Å²) in [5.74, 6) is 0. The molecule has 2 heterocycles. The molecule has 3 fully saturated rings. The van der Waals surface area contributed by atoms with Crippen molar-refractivity contribution in [3.63, 3.8) is 0 Å². The highest BCUT2D eigenvalue weighted by atomic mass is 16.6. The van der Waals surface area contributed by atoms with Gasteiger partial charge in [-0.3, -0.25) is 9.80 Å². The lowest BCUT2D eigenvalue weighted by Crippen LogP contribution is -2.53. The highest BCUT2D eigenvalue weighted by molar-refractivity contribution is 4.91. The minimum Gasteiger partial charge on any atom is -0.372 e. The van der Waals surface area contributed by atoms with Crippen molar-refractivity contribution in [1.82, 2.24) is 9.80 Å². The highest BCUT2D eigenvalue weighted by Crippen LogP contribution is 2.29. The molecule has 2 saturated heterocycles. The lowest BCUT2D eigenvalue weighted by Gasteiger charge is -2.39. The van der Waals surface area contributed by atoms with Gasteiger partial charge in [-0.2, -0.15) is 0 Å². The molecule has 0 N–H and O–H groups in total. The molecule has 1 unspecified atom stereocenters. The van der Waals surface area contributed by atoms with E-state index >= 15 is 0 Å². The van der Waals surface area contributed by atoms with Gasteiger partial charge in [0.15, 0.2) is 0 Å². The van der Waals surface area contributed by atoms with E-state index in [1.165, 1.54) is 39.0 Å². The molecule has 3 rings (SSSR count). The number of ether oxygens (including phenoxy) is 1. The zero-order chi connectivity index (χ0) is 9.54. The van der Waals surface area contributed by atoms with Crippen molar-refractivity contribution in [1.29, 1.82) is 0 Å². The first-order valence-corrected chi connectivity index (χ1v) is 5.92. The highest BCUT2D eigenvalue weighted by Gasteiger charge is 2.35. The van der Waals surface area contributed by atoms with Gasteiger partial charge in [0.25, 0.3) is 0 Å². The summed E-state index contributed by atoms with van der Waals surface area (Å²) in [6.07, 6.45) is 3.45. The van der Waals surface area contributed by atoms with E-state index in [0.717, 1.165) is 18.7 Å². The first kappa shape index (κ1) is 9.13. The Labute approximate surface area is 86.0 Å². The molecule has 2 atom stereocenters. The van der Waals surface area contributed by atoms with Crippen LogP contribution in [0.5, 0.6) is 0 Å². The predicted octanol–water partition coefficient (Wildman–Crippen LogP) is 0.554. The van der Waals surface area contributed by atoms with Crippen LogP contribution < -0.4 is 0 Å². The fourth-order valence-corrected chi connectivity index (χ4v) is 2.50. The second kappa shape index (κ2) is 3.47. The van der Waals surface area contributed by atoms with Crippen LogP contribution in [-0.2, 0) is 4.74 Å². The molecule has 0 bridgehead atoms. The number of hydrogen-bond acceptors (Lipinski definition) is 3. The molecular formula is C11H20N2O. The molecule has 80 valence electrons. The third-order valence-corrected chi connectivity index (χ3v) is 3.70. The van der Waals surface area contributed by atoms with Crippen LogP contribution in [0, 0.1) is 0 Å². The van der Waals surface area contributed by atoms with Gasteiger partial charge >= 0.3 is 0 Å². The maximum Gasteiger partial charge on any atom is 0.0936 e. The van der Waals surface area contributed by atoms with E-state index in [1.807, 2.05) is 0 Å². The number of piperazine rings is 1. The number of hydrogen-bond donors (Lipinski definition) is 0. The van der Waals surface area contributed by atoms with Crippen molar-refractivity contribution in [2.45, 2.75) is 38.0 Å². The van der Waals surface area contributed by atoms with Gasteiger partial charge in [0.05, 0.1) is 12.7 Å². The molecule has 0 aromatic heterocycles. The van der Waals surface area contributed by atoms with Gasteiger partial charge in [-0.25, -0.2) is 0 Å². The van der Waals surface area contributed by atoms with Gasteiger partial charge in [0, 0.05) is 38.3 Å². The standard InChI is InChI=1S/C11H20N2O/c1-9-6-13(10-2-3-10)5-4-12(9)7-11-8-14-11/h9-11H,2-8H2,1H3/t9?,11-/m1/s1. The van der Waals surface area contributed by atoms with Gasteiger partial charge in [0.2, 0.25) is 0 Å². The Bertz CT molecular complexity index is 213. The summed E-state index contributed by atoms with van der Waals surface area (Å²) in [4.78, 5) is 5.27. The third-order valence-electron chi connectivity index (χ3n) is 3.70. The molecule has 3 nitrogen and oxygen atoms in total. The molecule has 0 spiro atoms. The van der Waals surface area contributed by atoms with Gasteiger partial charge < -0.3 is 4.74 Å². The number of epoxide rings is 1. The maximum atomic E-state index is 5.29. The van der Waals surface area contributed by atoms with Crippen LogP contribution in [0.25, 0.3) is 0 Å². The molecule has 3 aliphatic rings. The molecule has 14 heavy (non-hydrogen) atoms. The van der Waals surface area contributed by atoms with Crippen LogP contribution in [-0.4, -0.2) is 60.8 Å². The van der Waals surface area contributed by atoms with Gasteiger partial charge in [-0.1, -0.05) is 0 Å². The Morgan fingerprint density at radius 1 is 1.29 bits per heavy atom. The largest absolute Gasteiger partial charge is 0.372 e. The third kappa shape index (κ3) is 1.95. The molecule has 0 aromatic rings. The van der Waals surface area contributed by atoms with Crippen LogP contribution >= 0.6 is 0 Å². The van der Waals surface area contributed by atoms with E-state index in [-0.39, 0.29) is 0 Å². The minimum atomic E-state index is 0.560. The van der Waals surface area contributed by atoms with Crippen molar-refractivity contribution < 1.29 is 4.74 Å². The van der Waals surface area contributed by atoms with Crippen molar-refractivity contribution in [2.24, 2.45) is 0 Å². The minimum absolute atomic E-state index is 0.560. The SMILES string of the molecule is CC1CN(C2CC2)CCN1C[C@@H]1CO1. The molecule has 1 aliphatic carbocycles. The quantitative estimate of drug-likeness (QED) is 0.615. The molecule has 2 aliphatic heterocycles. The Balaban J connectivity index is 1.51. The average molecular weight is 196 g/mol. The van der Waals surface area contributed by atoms with E-state index in [0.29, 0.717) is 6.10 Å².